The summed E-state index contributed by atoms with van der Waals surface area (Å²) in [5, 5.41) is 11.6. The van der Waals surface area contributed by atoms with Crippen molar-refractivity contribution >= 4 is 81.3 Å². The van der Waals surface area contributed by atoms with Crippen LogP contribution in [0.2, 0.25) is 0 Å². The number of hydrogen-bond donors (Lipinski definition) is 2. The van der Waals surface area contributed by atoms with Gasteiger partial charge in [-0.2, -0.15) is 11.8 Å². The van der Waals surface area contributed by atoms with Gasteiger partial charge in [-0.15, -0.1) is 0 Å². The molecule has 0 aliphatic carbocycles. The van der Waals surface area contributed by atoms with Crippen LogP contribution in [-0.2, 0) is 14.6 Å². The highest BCUT2D eigenvalue weighted by molar-refractivity contribution is 9.42. The minimum Gasteiger partial charge on any atom is -0.480 e. The summed E-state index contributed by atoms with van der Waals surface area (Å²) in [6.07, 6.45) is 2.06. The first-order valence-electron chi connectivity index (χ1n) is 6.45. The van der Waals surface area contributed by atoms with E-state index in [9.17, 15) is 23.1 Å². The molecule has 1 amide bonds. The first-order valence-corrected chi connectivity index (χ1v) is 11.7. The number of carboxylic acids is 1. The molecular weight excluding hydrogens is 554 g/mol. The highest BCUT2D eigenvalue weighted by Crippen LogP contribution is 2.43. The second-order valence-corrected chi connectivity index (χ2v) is 16.0. The Hall–Kier alpha value is -0.100. The lowest BCUT2D eigenvalue weighted by Crippen LogP contribution is -2.41. The zero-order valence-electron chi connectivity index (χ0n) is 12.3. The summed E-state index contributed by atoms with van der Waals surface area (Å²) in [5.74, 6) is -1.39. The van der Waals surface area contributed by atoms with Crippen LogP contribution in [0.3, 0.4) is 0 Å². The molecule has 0 radical (unpaired) electrons. The highest BCUT2D eigenvalue weighted by Gasteiger charge is 2.39. The summed E-state index contributed by atoms with van der Waals surface area (Å²) in [4.78, 5) is 23.4. The number of carbonyl (C=O) groups is 2. The van der Waals surface area contributed by atoms with Crippen LogP contribution >= 0.6 is 59.6 Å². The number of sulfone groups is 1. The molecule has 0 saturated carbocycles. The summed E-state index contributed by atoms with van der Waals surface area (Å²) < 4.78 is 23.4. The predicted octanol–water partition coefficient (Wildman–Crippen LogP) is 3.19. The lowest BCUT2D eigenvalue weighted by molar-refractivity contribution is -0.139. The van der Waals surface area contributed by atoms with E-state index in [0.717, 1.165) is 0 Å². The second kappa shape index (κ2) is 9.02. The topological polar surface area (TPSA) is 101 Å². The lowest BCUT2D eigenvalue weighted by atomic mass is 10.1. The molecule has 6 nitrogen and oxygen atoms in total. The Morgan fingerprint density at radius 3 is 2.38 bits per heavy atom. The van der Waals surface area contributed by atoms with Gasteiger partial charge in [-0.3, -0.25) is 4.79 Å². The number of benzene rings is 1. The molecule has 0 spiro atoms. The molecule has 24 heavy (non-hydrogen) atoms. The van der Waals surface area contributed by atoms with Crippen molar-refractivity contribution in [3.63, 3.8) is 0 Å². The summed E-state index contributed by atoms with van der Waals surface area (Å²) in [6, 6.07) is 4.49. The van der Waals surface area contributed by atoms with Crippen LogP contribution in [0.15, 0.2) is 29.2 Å². The van der Waals surface area contributed by atoms with E-state index in [0.29, 0.717) is 5.75 Å². The van der Waals surface area contributed by atoms with Gasteiger partial charge >= 0.3 is 5.97 Å². The second-order valence-electron chi connectivity index (χ2n) is 4.59. The molecule has 0 fully saturated rings. The number of nitrogens with one attached hydrogen (secondary N) is 1. The average molecular weight is 568 g/mol. The summed E-state index contributed by atoms with van der Waals surface area (Å²) in [5.41, 5.74) is -0.129. The van der Waals surface area contributed by atoms with E-state index in [2.05, 4.69) is 53.1 Å². The SMILES string of the molecule is CSCCC(NC(=O)c1ccccc1S(=O)(=O)C(Br)(Br)Br)C(=O)O. The van der Waals surface area contributed by atoms with Crippen molar-refractivity contribution in [1.29, 1.82) is 0 Å². The van der Waals surface area contributed by atoms with Gasteiger partial charge in [-0.1, -0.05) is 12.1 Å². The number of rotatable bonds is 7. The number of halogens is 3. The fourth-order valence-corrected chi connectivity index (χ4v) is 4.74. The van der Waals surface area contributed by atoms with Gasteiger partial charge in [0.1, 0.15) is 6.04 Å². The van der Waals surface area contributed by atoms with Crippen molar-refractivity contribution in [2.24, 2.45) is 0 Å². The van der Waals surface area contributed by atoms with Crippen molar-refractivity contribution < 1.29 is 23.1 Å². The molecule has 11 heteroatoms. The maximum atomic E-state index is 12.5. The number of carbonyl (C=O) groups excluding carboxylic acids is 1. The molecule has 0 aliphatic heterocycles. The van der Waals surface area contributed by atoms with Gasteiger partial charge in [0.05, 0.1) is 10.5 Å². The lowest BCUT2D eigenvalue weighted by Gasteiger charge is -2.18. The average Bonchev–Trinajstić information content (AvgIpc) is 2.49. The predicted molar refractivity (Wildman–Crippen MR) is 105 cm³/mol. The molecule has 1 aromatic carbocycles. The third-order valence-electron chi connectivity index (χ3n) is 2.94. The Balaban J connectivity index is 3.19. The fourth-order valence-electron chi connectivity index (χ4n) is 1.74. The molecule has 2 N–H and O–H groups in total. The zero-order chi connectivity index (χ0) is 18.5. The number of aliphatic carboxylic acids is 1. The maximum absolute atomic E-state index is 12.5. The van der Waals surface area contributed by atoms with Gasteiger partial charge in [-0.05, 0) is 78.4 Å². The molecular formula is C13H14Br3NO5S2. The monoisotopic (exact) mass is 565 g/mol. The number of amides is 1. The Bertz CT molecular complexity index is 719. The zero-order valence-corrected chi connectivity index (χ0v) is 18.7. The first-order chi connectivity index (χ1) is 11.0. The quantitative estimate of drug-likeness (QED) is 0.491. The van der Waals surface area contributed by atoms with Crippen LogP contribution < -0.4 is 5.32 Å². The van der Waals surface area contributed by atoms with Crippen molar-refractivity contribution in [3.05, 3.63) is 29.8 Å². The van der Waals surface area contributed by atoms with E-state index in [1.807, 2.05) is 6.26 Å². The summed E-state index contributed by atoms with van der Waals surface area (Å²) in [7, 11) is -3.99. The van der Waals surface area contributed by atoms with E-state index in [1.54, 1.807) is 0 Å². The Morgan fingerprint density at radius 2 is 1.88 bits per heavy atom. The smallest absolute Gasteiger partial charge is 0.326 e. The molecule has 1 atom stereocenters. The first kappa shape index (κ1) is 21.9. The third kappa shape index (κ3) is 5.45. The van der Waals surface area contributed by atoms with Crippen LogP contribution in [-0.4, -0.2) is 44.9 Å². The Morgan fingerprint density at radius 1 is 1.29 bits per heavy atom. The van der Waals surface area contributed by atoms with E-state index in [1.165, 1.54) is 36.0 Å². The highest BCUT2D eigenvalue weighted by atomic mass is 80.0. The van der Waals surface area contributed by atoms with Crippen molar-refractivity contribution in [2.75, 3.05) is 12.0 Å². The van der Waals surface area contributed by atoms with Crippen molar-refractivity contribution in [3.8, 4) is 0 Å². The van der Waals surface area contributed by atoms with E-state index >= 15 is 0 Å². The Labute approximate surface area is 169 Å². The van der Waals surface area contributed by atoms with E-state index in [-0.39, 0.29) is 16.9 Å². The molecule has 0 heterocycles. The molecule has 0 saturated heterocycles. The van der Waals surface area contributed by atoms with Gasteiger partial charge in [-0.25, -0.2) is 13.2 Å². The standard InChI is InChI=1S/C13H14Br3NO5S2/c1-23-7-6-9(12(19)20)17-11(18)8-4-2-3-5-10(8)24(21,22)13(14,15)16/h2-5,9H,6-7H2,1H3,(H,17,18)(H,19,20). The molecule has 0 aliphatic rings. The minimum absolute atomic E-state index is 0.129. The van der Waals surface area contributed by atoms with Gasteiger partial charge in [0.15, 0.2) is 0 Å². The summed E-state index contributed by atoms with van der Waals surface area (Å²) >= 11 is 10.3. The molecule has 0 bridgehead atoms. The van der Waals surface area contributed by atoms with E-state index < -0.39 is 29.2 Å². The number of thioether (sulfide) groups is 1. The van der Waals surface area contributed by atoms with Crippen LogP contribution in [0, 0.1) is 0 Å². The third-order valence-corrected chi connectivity index (χ3v) is 8.96. The molecule has 1 unspecified atom stereocenters. The number of alkyl halides is 3. The normalized spacial score (nSPS) is 13.3. The minimum atomic E-state index is -3.99. The number of carboxylic acid groups (broad SMARTS) is 1. The van der Waals surface area contributed by atoms with Crippen LogP contribution in [0.5, 0.6) is 0 Å². The van der Waals surface area contributed by atoms with E-state index in [4.69, 9.17) is 0 Å². The van der Waals surface area contributed by atoms with Gasteiger partial charge < -0.3 is 10.4 Å². The van der Waals surface area contributed by atoms with Crippen molar-refractivity contribution in [1.82, 2.24) is 5.32 Å². The largest absolute Gasteiger partial charge is 0.480 e. The number of hydrogen-bond acceptors (Lipinski definition) is 5. The fraction of sp³-hybridized carbons (Fsp3) is 0.385. The van der Waals surface area contributed by atoms with Gasteiger partial charge in [0.2, 0.25) is 11.3 Å². The maximum Gasteiger partial charge on any atom is 0.326 e. The van der Waals surface area contributed by atoms with Crippen molar-refractivity contribution in [2.45, 2.75) is 18.8 Å². The summed E-state index contributed by atoms with van der Waals surface area (Å²) in [6.45, 7) is 0. The Kier molecular flexibility index (Phi) is 8.24. The van der Waals surface area contributed by atoms with Gasteiger partial charge in [0.25, 0.3) is 5.91 Å². The molecule has 1 aromatic rings. The van der Waals surface area contributed by atoms with Crippen LogP contribution in [0.25, 0.3) is 0 Å². The van der Waals surface area contributed by atoms with Crippen LogP contribution in [0.4, 0.5) is 0 Å². The van der Waals surface area contributed by atoms with Gasteiger partial charge in [0, 0.05) is 0 Å². The van der Waals surface area contributed by atoms with Crippen LogP contribution in [0.1, 0.15) is 16.8 Å². The molecule has 0 aromatic heterocycles. The molecule has 1 rings (SSSR count). The molecule has 134 valence electrons.